The summed E-state index contributed by atoms with van der Waals surface area (Å²) in [6.45, 7) is 6.19. The van der Waals surface area contributed by atoms with Gasteiger partial charge in [0, 0.05) is 19.0 Å². The van der Waals surface area contributed by atoms with Crippen LogP contribution >= 0.6 is 0 Å². The second-order valence-electron chi connectivity index (χ2n) is 6.60. The number of rotatable bonds is 6. The van der Waals surface area contributed by atoms with Gasteiger partial charge in [0.25, 0.3) is 0 Å². The fraction of sp³-hybridized carbons (Fsp3) is 0.588. The zero-order chi connectivity index (χ0) is 14.4. The Morgan fingerprint density at radius 2 is 2.10 bits per heavy atom. The molecule has 1 aromatic rings. The van der Waals surface area contributed by atoms with Crippen molar-refractivity contribution in [3.05, 3.63) is 35.9 Å². The van der Waals surface area contributed by atoms with Crippen molar-refractivity contribution in [3.63, 3.8) is 0 Å². The lowest BCUT2D eigenvalue weighted by Gasteiger charge is -2.25. The van der Waals surface area contributed by atoms with Crippen molar-refractivity contribution in [1.82, 2.24) is 10.6 Å². The molecule has 1 atom stereocenters. The Morgan fingerprint density at radius 1 is 1.35 bits per heavy atom. The summed E-state index contributed by atoms with van der Waals surface area (Å²) in [7, 11) is 0. The van der Waals surface area contributed by atoms with Crippen LogP contribution in [0.4, 0.5) is 0 Å². The molecular formula is C17H26N2O. The summed E-state index contributed by atoms with van der Waals surface area (Å²) in [5.41, 5.74) is 1.41. The van der Waals surface area contributed by atoms with Crippen LogP contribution in [0.1, 0.15) is 38.7 Å². The number of benzene rings is 1. The highest BCUT2D eigenvalue weighted by atomic mass is 16.1. The van der Waals surface area contributed by atoms with E-state index in [2.05, 4.69) is 48.7 Å². The molecule has 1 aromatic carbocycles. The van der Waals surface area contributed by atoms with E-state index in [9.17, 15) is 4.79 Å². The van der Waals surface area contributed by atoms with Gasteiger partial charge in [0.1, 0.15) is 0 Å². The molecule has 0 spiro atoms. The fourth-order valence-corrected chi connectivity index (χ4v) is 2.78. The third kappa shape index (κ3) is 4.97. The lowest BCUT2D eigenvalue weighted by molar-refractivity contribution is -0.121. The fourth-order valence-electron chi connectivity index (χ4n) is 2.78. The van der Waals surface area contributed by atoms with Crippen LogP contribution in [0.15, 0.2) is 30.3 Å². The largest absolute Gasteiger partial charge is 0.356 e. The van der Waals surface area contributed by atoms with Crippen LogP contribution < -0.4 is 10.6 Å². The number of amides is 1. The van der Waals surface area contributed by atoms with E-state index in [1.807, 2.05) is 6.07 Å². The minimum atomic E-state index is 0.0835. The first-order chi connectivity index (χ1) is 9.55. The topological polar surface area (TPSA) is 41.1 Å². The van der Waals surface area contributed by atoms with Gasteiger partial charge < -0.3 is 10.6 Å². The van der Waals surface area contributed by atoms with Gasteiger partial charge in [-0.2, -0.15) is 0 Å². The van der Waals surface area contributed by atoms with Crippen molar-refractivity contribution in [2.45, 2.75) is 45.6 Å². The maximum absolute atomic E-state index is 11.9. The maximum atomic E-state index is 11.9. The standard InChI is InChI=1S/C17H26N2O/c1-17(2,12-14-7-4-3-5-8-14)13-19-16(20)11-15-9-6-10-18-15/h3-5,7-8,15,18H,6,9-13H2,1-2H3,(H,19,20). The molecule has 0 aliphatic carbocycles. The number of hydrogen-bond acceptors (Lipinski definition) is 2. The summed E-state index contributed by atoms with van der Waals surface area (Å²) in [6.07, 6.45) is 3.91. The second-order valence-corrected chi connectivity index (χ2v) is 6.60. The summed E-state index contributed by atoms with van der Waals surface area (Å²) in [6, 6.07) is 10.8. The molecule has 3 heteroatoms. The molecule has 2 N–H and O–H groups in total. The monoisotopic (exact) mass is 274 g/mol. The molecule has 1 aliphatic heterocycles. The van der Waals surface area contributed by atoms with E-state index in [1.54, 1.807) is 0 Å². The van der Waals surface area contributed by atoms with Gasteiger partial charge in [-0.15, -0.1) is 0 Å². The highest BCUT2D eigenvalue weighted by Crippen LogP contribution is 2.20. The molecule has 1 unspecified atom stereocenters. The van der Waals surface area contributed by atoms with Crippen molar-refractivity contribution in [3.8, 4) is 0 Å². The van der Waals surface area contributed by atoms with Crippen LogP contribution in [0.5, 0.6) is 0 Å². The van der Waals surface area contributed by atoms with E-state index >= 15 is 0 Å². The lowest BCUT2D eigenvalue weighted by Crippen LogP contribution is -2.38. The third-order valence-electron chi connectivity index (χ3n) is 3.88. The predicted molar refractivity (Wildman–Crippen MR) is 82.6 cm³/mol. The van der Waals surface area contributed by atoms with Gasteiger partial charge in [0.2, 0.25) is 5.91 Å². The molecule has 1 saturated heterocycles. The molecule has 110 valence electrons. The van der Waals surface area contributed by atoms with Crippen LogP contribution in [0, 0.1) is 5.41 Å². The number of hydrogen-bond donors (Lipinski definition) is 2. The van der Waals surface area contributed by atoms with Gasteiger partial charge in [-0.1, -0.05) is 44.2 Å². The van der Waals surface area contributed by atoms with Crippen LogP contribution in [-0.4, -0.2) is 25.0 Å². The van der Waals surface area contributed by atoms with Crippen molar-refractivity contribution in [1.29, 1.82) is 0 Å². The first kappa shape index (κ1) is 15.0. The van der Waals surface area contributed by atoms with Crippen LogP contribution in [0.2, 0.25) is 0 Å². The van der Waals surface area contributed by atoms with E-state index < -0.39 is 0 Å². The maximum Gasteiger partial charge on any atom is 0.221 e. The van der Waals surface area contributed by atoms with Crippen molar-refractivity contribution in [2.24, 2.45) is 5.41 Å². The van der Waals surface area contributed by atoms with Gasteiger partial charge in [-0.05, 0) is 36.8 Å². The Hall–Kier alpha value is -1.35. The average Bonchev–Trinajstić information content (AvgIpc) is 2.90. The summed E-state index contributed by atoms with van der Waals surface area (Å²) in [4.78, 5) is 11.9. The van der Waals surface area contributed by atoms with Gasteiger partial charge in [-0.25, -0.2) is 0 Å². The first-order valence-corrected chi connectivity index (χ1v) is 7.59. The van der Waals surface area contributed by atoms with Crippen molar-refractivity contribution >= 4 is 5.91 Å². The number of nitrogens with one attached hydrogen (secondary N) is 2. The highest BCUT2D eigenvalue weighted by Gasteiger charge is 2.21. The molecule has 0 bridgehead atoms. The molecule has 20 heavy (non-hydrogen) atoms. The van der Waals surface area contributed by atoms with Crippen molar-refractivity contribution in [2.75, 3.05) is 13.1 Å². The van der Waals surface area contributed by atoms with Gasteiger partial charge in [0.05, 0.1) is 0 Å². The Labute approximate surface area is 122 Å². The molecule has 1 aliphatic rings. The predicted octanol–water partition coefficient (Wildman–Crippen LogP) is 2.51. The normalized spacial score (nSPS) is 19.0. The summed E-state index contributed by atoms with van der Waals surface area (Å²) < 4.78 is 0. The molecule has 0 radical (unpaired) electrons. The molecule has 1 fully saturated rings. The molecule has 3 nitrogen and oxygen atoms in total. The number of carbonyl (C=O) groups excluding carboxylic acids is 1. The van der Waals surface area contributed by atoms with E-state index in [0.29, 0.717) is 12.5 Å². The van der Waals surface area contributed by atoms with Crippen LogP contribution in [0.3, 0.4) is 0 Å². The van der Waals surface area contributed by atoms with Gasteiger partial charge in [-0.3, -0.25) is 4.79 Å². The third-order valence-corrected chi connectivity index (χ3v) is 3.88. The summed E-state index contributed by atoms with van der Waals surface area (Å²) >= 11 is 0. The molecular weight excluding hydrogens is 248 g/mol. The molecule has 2 rings (SSSR count). The SMILES string of the molecule is CC(C)(CNC(=O)CC1CCCN1)Cc1ccccc1. The van der Waals surface area contributed by atoms with Crippen molar-refractivity contribution < 1.29 is 4.79 Å². The summed E-state index contributed by atoms with van der Waals surface area (Å²) in [5, 5.41) is 6.45. The Balaban J connectivity index is 1.75. The minimum absolute atomic E-state index is 0.0835. The lowest BCUT2D eigenvalue weighted by atomic mass is 9.85. The average molecular weight is 274 g/mol. The Morgan fingerprint density at radius 3 is 2.75 bits per heavy atom. The zero-order valence-electron chi connectivity index (χ0n) is 12.6. The van der Waals surface area contributed by atoms with E-state index in [-0.39, 0.29) is 11.3 Å². The van der Waals surface area contributed by atoms with Crippen LogP contribution in [-0.2, 0) is 11.2 Å². The smallest absolute Gasteiger partial charge is 0.221 e. The van der Waals surface area contributed by atoms with E-state index in [0.717, 1.165) is 25.9 Å². The number of carbonyl (C=O) groups is 1. The minimum Gasteiger partial charge on any atom is -0.356 e. The quantitative estimate of drug-likeness (QED) is 0.837. The van der Waals surface area contributed by atoms with Gasteiger partial charge >= 0.3 is 0 Å². The Bertz CT molecular complexity index is 422. The molecule has 0 aromatic heterocycles. The van der Waals surface area contributed by atoms with Gasteiger partial charge in [0.15, 0.2) is 0 Å². The zero-order valence-corrected chi connectivity index (χ0v) is 12.6. The molecule has 0 saturated carbocycles. The molecule has 1 amide bonds. The Kier molecular flexibility index (Phi) is 5.18. The highest BCUT2D eigenvalue weighted by molar-refractivity contribution is 5.76. The van der Waals surface area contributed by atoms with E-state index in [4.69, 9.17) is 0 Å². The van der Waals surface area contributed by atoms with Crippen LogP contribution in [0.25, 0.3) is 0 Å². The summed E-state index contributed by atoms with van der Waals surface area (Å²) in [5.74, 6) is 0.172. The first-order valence-electron chi connectivity index (χ1n) is 7.59. The van der Waals surface area contributed by atoms with E-state index in [1.165, 1.54) is 12.0 Å². The molecule has 1 heterocycles. The second kappa shape index (κ2) is 6.89.